The zero-order valence-electron chi connectivity index (χ0n) is 15.7. The number of carbonyl (C=O) groups excluding carboxylic acids is 2. The molecule has 5 nitrogen and oxygen atoms in total. The van der Waals surface area contributed by atoms with Gasteiger partial charge in [-0.15, -0.1) is 0 Å². The molecular formula is C22H23N3O2. The van der Waals surface area contributed by atoms with Crippen LogP contribution in [0.2, 0.25) is 0 Å². The number of para-hydroxylation sites is 1. The van der Waals surface area contributed by atoms with Crippen LogP contribution in [-0.4, -0.2) is 24.9 Å². The van der Waals surface area contributed by atoms with Gasteiger partial charge in [-0.25, -0.2) is 5.01 Å². The van der Waals surface area contributed by atoms with Gasteiger partial charge in [-0.1, -0.05) is 18.2 Å². The predicted molar refractivity (Wildman–Crippen MR) is 107 cm³/mol. The maximum Gasteiger partial charge on any atom is 0.282 e. The third-order valence-electron chi connectivity index (χ3n) is 5.24. The van der Waals surface area contributed by atoms with E-state index in [9.17, 15) is 9.59 Å². The lowest BCUT2D eigenvalue weighted by Gasteiger charge is -2.21. The summed E-state index contributed by atoms with van der Waals surface area (Å²) >= 11 is 0. The Bertz CT molecular complexity index is 928. The number of nitrogens with zero attached hydrogens (tertiary/aromatic N) is 2. The second-order valence-electron chi connectivity index (χ2n) is 7.16. The van der Waals surface area contributed by atoms with Crippen molar-refractivity contribution in [1.82, 2.24) is 5.43 Å². The van der Waals surface area contributed by atoms with Gasteiger partial charge in [0.25, 0.3) is 11.8 Å². The number of rotatable bonds is 3. The average Bonchev–Trinajstić information content (AvgIpc) is 3.29. The molecule has 0 bridgehead atoms. The minimum Gasteiger partial charge on any atom is -0.371 e. The standard InChI is InChI=1S/C22H23N3O2/c1-15-13-20(24-10-6-7-11-24)16(2)12-17(15)14-19-21(26)23-25(22(19)27)18-8-4-3-5-9-18/h3-5,8-9,12-14H,6-7,10-11H2,1-2H3,(H,23,26). The predicted octanol–water partition coefficient (Wildman–Crippen LogP) is 3.37. The van der Waals surface area contributed by atoms with Crippen molar-refractivity contribution in [2.75, 3.05) is 23.0 Å². The van der Waals surface area contributed by atoms with Crippen molar-refractivity contribution < 1.29 is 9.59 Å². The van der Waals surface area contributed by atoms with E-state index in [2.05, 4.69) is 29.4 Å². The van der Waals surface area contributed by atoms with E-state index in [1.54, 1.807) is 18.2 Å². The Morgan fingerprint density at radius 3 is 2.37 bits per heavy atom. The fraction of sp³-hybridized carbons (Fsp3) is 0.273. The van der Waals surface area contributed by atoms with E-state index in [0.717, 1.165) is 24.2 Å². The molecule has 0 saturated carbocycles. The van der Waals surface area contributed by atoms with Crippen LogP contribution < -0.4 is 15.3 Å². The lowest BCUT2D eigenvalue weighted by molar-refractivity contribution is -0.117. The summed E-state index contributed by atoms with van der Waals surface area (Å²) in [7, 11) is 0. The maximum atomic E-state index is 12.8. The number of hydrazine groups is 1. The van der Waals surface area contributed by atoms with Gasteiger partial charge in [-0.2, -0.15) is 0 Å². The smallest absolute Gasteiger partial charge is 0.282 e. The molecule has 2 aromatic rings. The number of aryl methyl sites for hydroxylation is 2. The Labute approximate surface area is 159 Å². The molecule has 4 rings (SSSR count). The zero-order chi connectivity index (χ0) is 19.0. The lowest BCUT2D eigenvalue weighted by atomic mass is 10.0. The van der Waals surface area contributed by atoms with Crippen LogP contribution >= 0.6 is 0 Å². The van der Waals surface area contributed by atoms with Gasteiger partial charge in [0.15, 0.2) is 0 Å². The normalized spacial score (nSPS) is 18.5. The van der Waals surface area contributed by atoms with Gasteiger partial charge >= 0.3 is 0 Å². The van der Waals surface area contributed by atoms with Gasteiger partial charge in [-0.3, -0.25) is 15.0 Å². The van der Waals surface area contributed by atoms with Crippen LogP contribution in [0.3, 0.4) is 0 Å². The SMILES string of the molecule is Cc1cc(N2CCCC2)c(C)cc1C=C1C(=O)NN(c2ccccc2)C1=O. The van der Waals surface area contributed by atoms with Crippen molar-refractivity contribution in [2.24, 2.45) is 0 Å². The van der Waals surface area contributed by atoms with E-state index in [-0.39, 0.29) is 17.4 Å². The van der Waals surface area contributed by atoms with Crippen molar-refractivity contribution >= 4 is 29.3 Å². The molecule has 0 spiro atoms. The van der Waals surface area contributed by atoms with Gasteiger partial charge in [0, 0.05) is 18.8 Å². The third kappa shape index (κ3) is 3.21. The van der Waals surface area contributed by atoms with Gasteiger partial charge in [-0.05, 0) is 73.7 Å². The maximum absolute atomic E-state index is 12.8. The molecule has 2 saturated heterocycles. The molecule has 0 unspecified atom stereocenters. The van der Waals surface area contributed by atoms with Gasteiger partial charge in [0.1, 0.15) is 5.57 Å². The highest BCUT2D eigenvalue weighted by molar-refractivity contribution is 6.31. The Morgan fingerprint density at radius 1 is 0.963 bits per heavy atom. The van der Waals surface area contributed by atoms with Crippen molar-refractivity contribution in [3.63, 3.8) is 0 Å². The number of benzene rings is 2. The molecule has 0 radical (unpaired) electrons. The first-order valence-electron chi connectivity index (χ1n) is 9.33. The highest BCUT2D eigenvalue weighted by Gasteiger charge is 2.34. The Hall–Kier alpha value is -3.08. The summed E-state index contributed by atoms with van der Waals surface area (Å²) in [5.41, 5.74) is 7.85. The second-order valence-corrected chi connectivity index (χ2v) is 7.16. The molecule has 2 aromatic carbocycles. The number of hydrogen-bond donors (Lipinski definition) is 1. The molecule has 2 amide bonds. The van der Waals surface area contributed by atoms with Crippen molar-refractivity contribution in [2.45, 2.75) is 26.7 Å². The highest BCUT2D eigenvalue weighted by Crippen LogP contribution is 2.29. The third-order valence-corrected chi connectivity index (χ3v) is 5.24. The van der Waals surface area contributed by atoms with Gasteiger partial charge in [0.05, 0.1) is 5.69 Å². The van der Waals surface area contributed by atoms with Crippen LogP contribution in [0.25, 0.3) is 6.08 Å². The Kier molecular flexibility index (Phi) is 4.44. The van der Waals surface area contributed by atoms with Gasteiger partial charge in [0.2, 0.25) is 0 Å². The van der Waals surface area contributed by atoms with E-state index in [4.69, 9.17) is 0 Å². The van der Waals surface area contributed by atoms with Crippen molar-refractivity contribution in [3.05, 3.63) is 64.7 Å². The molecule has 27 heavy (non-hydrogen) atoms. The van der Waals surface area contributed by atoms with E-state index in [0.29, 0.717) is 5.69 Å². The highest BCUT2D eigenvalue weighted by atomic mass is 16.2. The Balaban J connectivity index is 1.66. The molecule has 0 aliphatic carbocycles. The van der Waals surface area contributed by atoms with Crippen LogP contribution in [0.5, 0.6) is 0 Å². The first kappa shape index (κ1) is 17.3. The number of nitrogens with one attached hydrogen (secondary N) is 1. The number of amides is 2. The minimum absolute atomic E-state index is 0.162. The fourth-order valence-electron chi connectivity index (χ4n) is 3.75. The monoisotopic (exact) mass is 361 g/mol. The molecular weight excluding hydrogens is 338 g/mol. The van der Waals surface area contributed by atoms with Gasteiger partial charge < -0.3 is 4.90 Å². The van der Waals surface area contributed by atoms with Crippen LogP contribution in [0, 0.1) is 13.8 Å². The number of carbonyl (C=O) groups is 2. The fourth-order valence-corrected chi connectivity index (χ4v) is 3.75. The summed E-state index contributed by atoms with van der Waals surface area (Å²) in [6.07, 6.45) is 4.17. The zero-order valence-corrected chi connectivity index (χ0v) is 15.7. The second kappa shape index (κ2) is 6.91. The van der Waals surface area contributed by atoms with Crippen LogP contribution in [0.4, 0.5) is 11.4 Å². The molecule has 5 heteroatoms. The summed E-state index contributed by atoms with van der Waals surface area (Å²) in [5.74, 6) is -0.698. The lowest BCUT2D eigenvalue weighted by Crippen LogP contribution is -2.35. The summed E-state index contributed by atoms with van der Waals surface area (Å²) in [4.78, 5) is 27.6. The molecule has 2 heterocycles. The van der Waals surface area contributed by atoms with Crippen LogP contribution in [0.1, 0.15) is 29.5 Å². The summed E-state index contributed by atoms with van der Waals surface area (Å²) in [6, 6.07) is 13.4. The molecule has 138 valence electrons. The quantitative estimate of drug-likeness (QED) is 0.674. The summed E-state index contributed by atoms with van der Waals surface area (Å²) in [5, 5.41) is 1.30. The minimum atomic E-state index is -0.371. The number of hydrogen-bond acceptors (Lipinski definition) is 3. The van der Waals surface area contributed by atoms with E-state index in [1.165, 1.54) is 29.1 Å². The Morgan fingerprint density at radius 2 is 1.67 bits per heavy atom. The van der Waals surface area contributed by atoms with Crippen LogP contribution in [0.15, 0.2) is 48.0 Å². The molecule has 2 aliphatic rings. The number of anilines is 2. The van der Waals surface area contributed by atoms with Crippen molar-refractivity contribution in [3.8, 4) is 0 Å². The topological polar surface area (TPSA) is 52.7 Å². The molecule has 0 aromatic heterocycles. The molecule has 1 N–H and O–H groups in total. The summed E-state index contributed by atoms with van der Waals surface area (Å²) < 4.78 is 0. The average molecular weight is 361 g/mol. The molecule has 2 aliphatic heterocycles. The summed E-state index contributed by atoms with van der Waals surface area (Å²) in [6.45, 7) is 6.29. The first-order valence-corrected chi connectivity index (χ1v) is 9.33. The van der Waals surface area contributed by atoms with E-state index < -0.39 is 0 Å². The molecule has 0 atom stereocenters. The van der Waals surface area contributed by atoms with Crippen molar-refractivity contribution in [1.29, 1.82) is 0 Å². The first-order chi connectivity index (χ1) is 13.0. The van der Waals surface area contributed by atoms with E-state index >= 15 is 0 Å². The largest absolute Gasteiger partial charge is 0.371 e. The molecule has 2 fully saturated rings. The van der Waals surface area contributed by atoms with E-state index in [1.807, 2.05) is 25.1 Å². The van der Waals surface area contributed by atoms with Crippen LogP contribution in [-0.2, 0) is 9.59 Å².